The number of fused-ring (bicyclic) bond motifs is 1. The lowest BCUT2D eigenvalue weighted by Crippen LogP contribution is -2.38. The number of halogens is 1. The van der Waals surface area contributed by atoms with Gasteiger partial charge in [-0.15, -0.1) is 0 Å². The number of ether oxygens (including phenoxy) is 1. The number of thioether (sulfide) groups is 1. The fraction of sp³-hybridized carbons (Fsp3) is 0.269. The third kappa shape index (κ3) is 4.91. The Labute approximate surface area is 208 Å². The lowest BCUT2D eigenvalue weighted by Gasteiger charge is -2.36. The summed E-state index contributed by atoms with van der Waals surface area (Å²) in [6, 6.07) is 16.6. The first kappa shape index (κ1) is 24.1. The Morgan fingerprint density at radius 3 is 2.53 bits per heavy atom. The number of carbonyl (C=O) groups excluding carboxylic acids is 2. The molecule has 1 N–H and O–H groups in total. The van der Waals surface area contributed by atoms with Crippen molar-refractivity contribution in [2.45, 2.75) is 38.8 Å². The molecule has 2 aromatic carbocycles. The number of amides is 1. The minimum atomic E-state index is -0.465. The van der Waals surface area contributed by atoms with Gasteiger partial charge in [-0.25, -0.2) is 9.79 Å². The second-order valence-corrected chi connectivity index (χ2v) is 9.30. The summed E-state index contributed by atoms with van der Waals surface area (Å²) in [4.78, 5) is 32.6. The van der Waals surface area contributed by atoms with E-state index in [1.54, 1.807) is 12.1 Å². The standard InChI is InChI=1S/C26H26ClN3O3S/c1-4-21-23(25(32)33-3)24(18-10-12-19(27)13-11-18)30-20(15-34-26(30)29-21)14-22(31)28-16(2)17-8-6-5-7-9-17/h5-13,15-16,24H,4,14H2,1-3H3,(H,28,31)/t16-,24-/m0/s1. The number of esters is 1. The number of carbonyl (C=O) groups is 2. The van der Waals surface area contributed by atoms with Gasteiger partial charge < -0.3 is 15.0 Å². The number of benzene rings is 2. The molecule has 0 saturated carbocycles. The van der Waals surface area contributed by atoms with E-state index >= 15 is 0 Å². The zero-order valence-electron chi connectivity index (χ0n) is 19.2. The van der Waals surface area contributed by atoms with Crippen LogP contribution < -0.4 is 5.32 Å². The maximum Gasteiger partial charge on any atom is 0.338 e. The van der Waals surface area contributed by atoms with Crippen LogP contribution >= 0.6 is 23.4 Å². The van der Waals surface area contributed by atoms with Crippen LogP contribution in [0.4, 0.5) is 0 Å². The van der Waals surface area contributed by atoms with E-state index in [-0.39, 0.29) is 18.4 Å². The SMILES string of the molecule is CCC1=C(C(=O)OC)[C@H](c2ccc(Cl)cc2)N2C(CC(=O)N[C@@H](C)c3ccccc3)=CSC2=N1. The van der Waals surface area contributed by atoms with Crippen molar-refractivity contribution >= 4 is 40.4 Å². The molecule has 2 aliphatic rings. The number of hydrogen-bond acceptors (Lipinski definition) is 6. The fourth-order valence-corrected chi connectivity index (χ4v) is 5.22. The second-order valence-electron chi connectivity index (χ2n) is 8.03. The number of nitrogens with one attached hydrogen (secondary N) is 1. The lowest BCUT2D eigenvalue weighted by molar-refractivity contribution is -0.136. The lowest BCUT2D eigenvalue weighted by atomic mass is 9.93. The molecule has 0 unspecified atom stereocenters. The average Bonchev–Trinajstić information content (AvgIpc) is 3.25. The maximum absolute atomic E-state index is 13.0. The molecule has 6 nitrogen and oxygen atoms in total. The van der Waals surface area contributed by atoms with Crippen molar-refractivity contribution in [2.75, 3.05) is 7.11 Å². The topological polar surface area (TPSA) is 71.0 Å². The second kappa shape index (κ2) is 10.5. The molecule has 176 valence electrons. The van der Waals surface area contributed by atoms with Gasteiger partial charge in [-0.1, -0.05) is 72.8 Å². The summed E-state index contributed by atoms with van der Waals surface area (Å²) in [6.07, 6.45) is 0.736. The Kier molecular flexibility index (Phi) is 7.44. The number of methoxy groups -OCH3 is 1. The van der Waals surface area contributed by atoms with Crippen LogP contribution in [-0.4, -0.2) is 29.1 Å². The van der Waals surface area contributed by atoms with Gasteiger partial charge in [0.15, 0.2) is 5.17 Å². The highest BCUT2D eigenvalue weighted by atomic mass is 35.5. The Morgan fingerprint density at radius 2 is 1.88 bits per heavy atom. The number of aliphatic imine (C=N–C) groups is 1. The summed E-state index contributed by atoms with van der Waals surface area (Å²) in [5.41, 5.74) is 3.84. The largest absolute Gasteiger partial charge is 0.466 e. The van der Waals surface area contributed by atoms with Crippen molar-refractivity contribution in [3.8, 4) is 0 Å². The van der Waals surface area contributed by atoms with Crippen molar-refractivity contribution < 1.29 is 14.3 Å². The predicted octanol–water partition coefficient (Wildman–Crippen LogP) is 5.75. The normalized spacial score (nSPS) is 18.1. The Morgan fingerprint density at radius 1 is 1.18 bits per heavy atom. The fourth-order valence-electron chi connectivity index (χ4n) is 4.15. The predicted molar refractivity (Wildman–Crippen MR) is 136 cm³/mol. The van der Waals surface area contributed by atoms with Gasteiger partial charge in [0.1, 0.15) is 0 Å². The number of allylic oxidation sites excluding steroid dienone is 1. The van der Waals surface area contributed by atoms with Crippen molar-refractivity contribution in [1.29, 1.82) is 0 Å². The van der Waals surface area contributed by atoms with E-state index in [0.29, 0.717) is 22.7 Å². The van der Waals surface area contributed by atoms with Crippen molar-refractivity contribution in [1.82, 2.24) is 10.2 Å². The van der Waals surface area contributed by atoms with Gasteiger partial charge in [0, 0.05) is 10.7 Å². The van der Waals surface area contributed by atoms with Gasteiger partial charge >= 0.3 is 5.97 Å². The molecule has 0 fully saturated rings. The molecule has 4 rings (SSSR count). The molecular formula is C26H26ClN3O3S. The third-order valence-electron chi connectivity index (χ3n) is 5.83. The maximum atomic E-state index is 13.0. The Balaban J connectivity index is 1.64. The van der Waals surface area contributed by atoms with Gasteiger partial charge in [-0.3, -0.25) is 4.79 Å². The molecule has 0 aliphatic carbocycles. The van der Waals surface area contributed by atoms with E-state index in [0.717, 1.165) is 22.0 Å². The monoisotopic (exact) mass is 495 g/mol. The average molecular weight is 496 g/mol. The third-order valence-corrected chi connectivity index (χ3v) is 6.97. The van der Waals surface area contributed by atoms with Gasteiger partial charge in [-0.05, 0) is 42.0 Å². The molecule has 0 bridgehead atoms. The van der Waals surface area contributed by atoms with E-state index in [2.05, 4.69) is 5.32 Å². The Bertz CT molecular complexity index is 1180. The van der Waals surface area contributed by atoms with E-state index in [9.17, 15) is 9.59 Å². The minimum Gasteiger partial charge on any atom is -0.466 e. The summed E-state index contributed by atoms with van der Waals surface area (Å²) >= 11 is 7.59. The first-order valence-corrected chi connectivity index (χ1v) is 12.3. The quantitative estimate of drug-likeness (QED) is 0.495. The molecule has 2 heterocycles. The van der Waals surface area contributed by atoms with Gasteiger partial charge in [0.25, 0.3) is 0 Å². The summed E-state index contributed by atoms with van der Waals surface area (Å²) < 4.78 is 5.14. The van der Waals surface area contributed by atoms with Crippen LogP contribution in [0, 0.1) is 0 Å². The molecule has 2 atom stereocenters. The van der Waals surface area contributed by atoms with Crippen LogP contribution in [0.3, 0.4) is 0 Å². The highest BCUT2D eigenvalue weighted by Crippen LogP contribution is 2.45. The minimum absolute atomic E-state index is 0.107. The summed E-state index contributed by atoms with van der Waals surface area (Å²) in [5, 5.41) is 6.35. The van der Waals surface area contributed by atoms with E-state index in [1.807, 2.05) is 66.6 Å². The van der Waals surface area contributed by atoms with Crippen LogP contribution in [0.1, 0.15) is 49.9 Å². The number of hydrogen-bond donors (Lipinski definition) is 1. The van der Waals surface area contributed by atoms with Crippen LogP contribution in [0.2, 0.25) is 5.02 Å². The molecule has 2 aliphatic heterocycles. The molecule has 8 heteroatoms. The summed E-state index contributed by atoms with van der Waals surface area (Å²) in [7, 11) is 1.37. The number of rotatable bonds is 7. The van der Waals surface area contributed by atoms with Crippen LogP contribution in [0.5, 0.6) is 0 Å². The van der Waals surface area contributed by atoms with Gasteiger partial charge in [0.05, 0.1) is 36.9 Å². The molecular weight excluding hydrogens is 470 g/mol. The summed E-state index contributed by atoms with van der Waals surface area (Å²) in [6.45, 7) is 3.92. The highest BCUT2D eigenvalue weighted by molar-refractivity contribution is 8.16. The highest BCUT2D eigenvalue weighted by Gasteiger charge is 2.41. The zero-order chi connectivity index (χ0) is 24.2. The van der Waals surface area contributed by atoms with E-state index in [1.165, 1.54) is 18.9 Å². The van der Waals surface area contributed by atoms with Gasteiger partial charge in [0.2, 0.25) is 5.91 Å². The van der Waals surface area contributed by atoms with E-state index in [4.69, 9.17) is 21.3 Å². The first-order chi connectivity index (χ1) is 16.4. The Hall–Kier alpha value is -3.03. The number of amidine groups is 1. The summed E-state index contributed by atoms with van der Waals surface area (Å²) in [5.74, 6) is -0.540. The van der Waals surface area contributed by atoms with Crippen molar-refractivity contribution in [2.24, 2.45) is 4.99 Å². The molecule has 0 saturated heterocycles. The van der Waals surface area contributed by atoms with E-state index < -0.39 is 12.0 Å². The van der Waals surface area contributed by atoms with Crippen LogP contribution in [0.25, 0.3) is 0 Å². The van der Waals surface area contributed by atoms with Crippen LogP contribution in [0.15, 0.2) is 82.0 Å². The van der Waals surface area contributed by atoms with Crippen LogP contribution in [-0.2, 0) is 14.3 Å². The smallest absolute Gasteiger partial charge is 0.338 e. The molecule has 1 amide bonds. The first-order valence-electron chi connectivity index (χ1n) is 11.1. The molecule has 0 aromatic heterocycles. The van der Waals surface area contributed by atoms with Crippen molar-refractivity contribution in [3.05, 3.63) is 93.1 Å². The molecule has 0 spiro atoms. The molecule has 0 radical (unpaired) electrons. The molecule has 34 heavy (non-hydrogen) atoms. The van der Waals surface area contributed by atoms with Crippen molar-refractivity contribution in [3.63, 3.8) is 0 Å². The molecule has 2 aromatic rings. The zero-order valence-corrected chi connectivity index (χ0v) is 20.8. The number of nitrogens with zero attached hydrogens (tertiary/aromatic N) is 2. The van der Waals surface area contributed by atoms with Gasteiger partial charge in [-0.2, -0.15) is 0 Å².